The van der Waals surface area contributed by atoms with E-state index in [0.717, 1.165) is 35.3 Å². The van der Waals surface area contributed by atoms with Crippen LogP contribution in [0.1, 0.15) is 42.3 Å². The Balaban J connectivity index is 1.69. The Morgan fingerprint density at radius 3 is 2.96 bits per heavy atom. The van der Waals surface area contributed by atoms with Gasteiger partial charge in [0.25, 0.3) is 5.78 Å². The predicted molar refractivity (Wildman–Crippen MR) is 92.6 cm³/mol. The Kier molecular flexibility index (Phi) is 3.93. The molecule has 0 saturated carbocycles. The Bertz CT molecular complexity index is 857. The van der Waals surface area contributed by atoms with Crippen molar-refractivity contribution in [3.63, 3.8) is 0 Å². The topological polar surface area (TPSA) is 68.4 Å². The molecule has 7 nitrogen and oxygen atoms in total. The van der Waals surface area contributed by atoms with Gasteiger partial charge in [-0.3, -0.25) is 0 Å². The van der Waals surface area contributed by atoms with Crippen LogP contribution in [0.2, 0.25) is 0 Å². The maximum Gasteiger partial charge on any atom is 0.254 e. The molecule has 0 unspecified atom stereocenters. The first-order valence-electron chi connectivity index (χ1n) is 8.11. The number of aromatic nitrogens is 5. The molecule has 0 spiro atoms. The molecule has 1 saturated heterocycles. The third kappa shape index (κ3) is 2.76. The van der Waals surface area contributed by atoms with Gasteiger partial charge < -0.3 is 9.64 Å². The Morgan fingerprint density at radius 2 is 2.21 bits per heavy atom. The Labute approximate surface area is 144 Å². The minimum absolute atomic E-state index is 0.00770. The lowest BCUT2D eigenvalue weighted by molar-refractivity contribution is 0.0391. The Morgan fingerprint density at radius 1 is 1.33 bits per heavy atom. The molecule has 3 aromatic rings. The molecule has 0 bridgehead atoms. The molecule has 1 aliphatic rings. The molecule has 4 rings (SSSR count). The number of fused-ring (bicyclic) bond motifs is 1. The molecular weight excluding hydrogens is 324 g/mol. The smallest absolute Gasteiger partial charge is 0.254 e. The van der Waals surface area contributed by atoms with Crippen LogP contribution in [-0.4, -0.2) is 44.3 Å². The van der Waals surface area contributed by atoms with Crippen molar-refractivity contribution in [3.8, 4) is 0 Å². The van der Waals surface area contributed by atoms with Gasteiger partial charge in [0, 0.05) is 23.7 Å². The number of anilines is 1. The van der Waals surface area contributed by atoms with Gasteiger partial charge in [0.15, 0.2) is 0 Å². The van der Waals surface area contributed by atoms with E-state index in [4.69, 9.17) is 4.74 Å². The van der Waals surface area contributed by atoms with Gasteiger partial charge in [-0.1, -0.05) is 13.8 Å². The van der Waals surface area contributed by atoms with E-state index in [-0.39, 0.29) is 6.10 Å². The first kappa shape index (κ1) is 15.5. The predicted octanol–water partition coefficient (Wildman–Crippen LogP) is 2.59. The van der Waals surface area contributed by atoms with Crippen LogP contribution < -0.4 is 4.90 Å². The molecule has 0 aliphatic carbocycles. The number of rotatable bonds is 3. The van der Waals surface area contributed by atoms with E-state index in [2.05, 4.69) is 50.2 Å². The summed E-state index contributed by atoms with van der Waals surface area (Å²) in [5.41, 5.74) is 2.07. The van der Waals surface area contributed by atoms with Crippen LogP contribution in [-0.2, 0) is 4.74 Å². The molecule has 1 atom stereocenters. The molecular formula is C16H20N6OS. The molecule has 8 heteroatoms. The van der Waals surface area contributed by atoms with Crippen LogP contribution in [0.5, 0.6) is 0 Å². The first-order chi connectivity index (χ1) is 11.6. The summed E-state index contributed by atoms with van der Waals surface area (Å²) >= 11 is 1.66. The van der Waals surface area contributed by atoms with Crippen LogP contribution in [0.25, 0.3) is 5.78 Å². The van der Waals surface area contributed by atoms with Crippen LogP contribution in [0.4, 0.5) is 5.82 Å². The van der Waals surface area contributed by atoms with Gasteiger partial charge >= 0.3 is 0 Å². The van der Waals surface area contributed by atoms with E-state index >= 15 is 0 Å². The number of hydrogen-bond acceptors (Lipinski definition) is 7. The number of thiazole rings is 1. The van der Waals surface area contributed by atoms with Gasteiger partial charge in [-0.15, -0.1) is 11.3 Å². The lowest BCUT2D eigenvalue weighted by Gasteiger charge is -2.33. The largest absolute Gasteiger partial charge is 0.367 e. The molecule has 4 heterocycles. The van der Waals surface area contributed by atoms with E-state index in [1.165, 1.54) is 0 Å². The molecule has 0 radical (unpaired) electrons. The van der Waals surface area contributed by atoms with Crippen LogP contribution in [0.15, 0.2) is 17.8 Å². The molecule has 0 amide bonds. The fraction of sp³-hybridized carbons (Fsp3) is 0.500. The summed E-state index contributed by atoms with van der Waals surface area (Å²) < 4.78 is 7.75. The highest BCUT2D eigenvalue weighted by Gasteiger charge is 2.26. The third-order valence-electron chi connectivity index (χ3n) is 4.15. The first-order valence-corrected chi connectivity index (χ1v) is 8.99. The second-order valence-electron chi connectivity index (χ2n) is 6.30. The van der Waals surface area contributed by atoms with Gasteiger partial charge in [-0.2, -0.15) is 14.6 Å². The summed E-state index contributed by atoms with van der Waals surface area (Å²) in [5, 5.41) is 7.44. The van der Waals surface area contributed by atoms with Crippen LogP contribution in [0, 0.1) is 6.92 Å². The van der Waals surface area contributed by atoms with E-state index in [1.54, 1.807) is 22.2 Å². The second kappa shape index (κ2) is 6.10. The molecule has 1 aliphatic heterocycles. The molecule has 3 aromatic heterocycles. The molecule has 126 valence electrons. The summed E-state index contributed by atoms with van der Waals surface area (Å²) in [5.74, 6) is 2.00. The number of morpholine rings is 1. The van der Waals surface area contributed by atoms with Crippen molar-refractivity contribution in [2.24, 2.45) is 0 Å². The lowest BCUT2D eigenvalue weighted by atomic mass is 10.1. The highest BCUT2D eigenvalue weighted by molar-refractivity contribution is 7.09. The van der Waals surface area contributed by atoms with Crippen LogP contribution in [0.3, 0.4) is 0 Å². The zero-order chi connectivity index (χ0) is 16.7. The fourth-order valence-corrected chi connectivity index (χ4v) is 3.70. The maximum atomic E-state index is 5.95. The van der Waals surface area contributed by atoms with Crippen molar-refractivity contribution in [2.45, 2.75) is 32.8 Å². The number of aryl methyl sites for hydroxylation is 1. The monoisotopic (exact) mass is 344 g/mol. The summed E-state index contributed by atoms with van der Waals surface area (Å²) in [6.45, 7) is 8.52. The minimum atomic E-state index is -0.00770. The van der Waals surface area contributed by atoms with Gasteiger partial charge in [-0.25, -0.2) is 9.97 Å². The summed E-state index contributed by atoms with van der Waals surface area (Å²) in [6, 6.07) is 2.11. The highest BCUT2D eigenvalue weighted by Crippen LogP contribution is 2.29. The van der Waals surface area contributed by atoms with Gasteiger partial charge in [-0.05, 0) is 12.8 Å². The SMILES string of the molecule is Cc1csc([C@@H]2CN(c3cc(C(C)C)nc4ncnn34)CCO2)n1. The van der Waals surface area contributed by atoms with Crippen molar-refractivity contribution in [2.75, 3.05) is 24.6 Å². The molecule has 24 heavy (non-hydrogen) atoms. The van der Waals surface area contributed by atoms with Gasteiger partial charge in [0.05, 0.1) is 18.8 Å². The fourth-order valence-electron chi connectivity index (χ4n) is 2.86. The second-order valence-corrected chi connectivity index (χ2v) is 7.19. The summed E-state index contributed by atoms with van der Waals surface area (Å²) in [6.07, 6.45) is 1.55. The molecule has 0 aromatic carbocycles. The average molecular weight is 344 g/mol. The Hall–Kier alpha value is -2.06. The summed E-state index contributed by atoms with van der Waals surface area (Å²) in [4.78, 5) is 15.7. The van der Waals surface area contributed by atoms with E-state index in [1.807, 2.05) is 6.92 Å². The quantitative estimate of drug-likeness (QED) is 0.727. The van der Waals surface area contributed by atoms with Crippen molar-refractivity contribution in [1.82, 2.24) is 24.6 Å². The molecule has 1 fully saturated rings. The number of ether oxygens (including phenoxy) is 1. The van der Waals surface area contributed by atoms with Crippen LogP contribution >= 0.6 is 11.3 Å². The van der Waals surface area contributed by atoms with Crippen molar-refractivity contribution >= 4 is 22.9 Å². The van der Waals surface area contributed by atoms with Gasteiger partial charge in [0.1, 0.15) is 23.3 Å². The maximum absolute atomic E-state index is 5.95. The van der Waals surface area contributed by atoms with E-state index in [0.29, 0.717) is 18.3 Å². The normalized spacial score (nSPS) is 18.7. The molecule has 0 N–H and O–H groups in total. The van der Waals surface area contributed by atoms with Gasteiger partial charge in [0.2, 0.25) is 0 Å². The average Bonchev–Trinajstić information content (AvgIpc) is 3.22. The lowest BCUT2D eigenvalue weighted by Crippen LogP contribution is -2.39. The highest BCUT2D eigenvalue weighted by atomic mass is 32.1. The van der Waals surface area contributed by atoms with E-state index < -0.39 is 0 Å². The third-order valence-corrected chi connectivity index (χ3v) is 5.20. The van der Waals surface area contributed by atoms with E-state index in [9.17, 15) is 0 Å². The standard InChI is InChI=1S/C16H20N6OS/c1-10(2)12-6-14(22-16(20-12)17-9-18-22)21-4-5-23-13(7-21)15-19-11(3)8-24-15/h6,8-10,13H,4-5,7H2,1-3H3/t13-/m0/s1. The van der Waals surface area contributed by atoms with Crippen molar-refractivity contribution < 1.29 is 4.74 Å². The number of nitrogens with zero attached hydrogens (tertiary/aromatic N) is 6. The zero-order valence-corrected chi connectivity index (χ0v) is 14.8. The summed E-state index contributed by atoms with van der Waals surface area (Å²) in [7, 11) is 0. The minimum Gasteiger partial charge on any atom is -0.367 e. The number of hydrogen-bond donors (Lipinski definition) is 0. The van der Waals surface area contributed by atoms with Crippen molar-refractivity contribution in [1.29, 1.82) is 0 Å². The zero-order valence-electron chi connectivity index (χ0n) is 14.0. The van der Waals surface area contributed by atoms with Crippen molar-refractivity contribution in [3.05, 3.63) is 34.2 Å².